The normalized spacial score (nSPS) is 15.4. The number of hydrogen-bond acceptors (Lipinski definition) is 3. The van der Waals surface area contributed by atoms with E-state index in [-0.39, 0.29) is 18.1 Å². The molecule has 1 fully saturated rings. The van der Waals surface area contributed by atoms with Gasteiger partial charge in [-0.3, -0.25) is 4.79 Å². The Hall–Kier alpha value is -1.81. The molecule has 1 unspecified atom stereocenters. The van der Waals surface area contributed by atoms with Crippen molar-refractivity contribution in [1.82, 2.24) is 10.6 Å². The van der Waals surface area contributed by atoms with Crippen molar-refractivity contribution in [3.63, 3.8) is 0 Å². The van der Waals surface area contributed by atoms with E-state index in [1.54, 1.807) is 0 Å². The average molecular weight is 288 g/mol. The smallest absolute Gasteiger partial charge is 0.247 e. The van der Waals surface area contributed by atoms with Gasteiger partial charge in [0, 0.05) is 18.7 Å². The molecule has 1 aromatic rings. The van der Waals surface area contributed by atoms with Gasteiger partial charge in [-0.2, -0.15) is 0 Å². The van der Waals surface area contributed by atoms with Crippen LogP contribution in [0.4, 0.5) is 0 Å². The van der Waals surface area contributed by atoms with Gasteiger partial charge in [0.1, 0.15) is 5.75 Å². The highest BCUT2D eigenvalue weighted by molar-refractivity contribution is 5.94. The van der Waals surface area contributed by atoms with Gasteiger partial charge in [0.25, 0.3) is 0 Å². The van der Waals surface area contributed by atoms with E-state index in [4.69, 9.17) is 4.74 Å². The summed E-state index contributed by atoms with van der Waals surface area (Å²) < 4.78 is 5.69. The molecule has 0 aromatic heterocycles. The highest BCUT2D eigenvalue weighted by Crippen LogP contribution is 2.20. The molecule has 0 saturated carbocycles. The molecule has 0 spiro atoms. The minimum Gasteiger partial charge on any atom is -0.491 e. The lowest BCUT2D eigenvalue weighted by molar-refractivity contribution is -0.118. The second-order valence-electron chi connectivity index (χ2n) is 5.77. The van der Waals surface area contributed by atoms with Crippen LogP contribution in [0.5, 0.6) is 5.75 Å². The zero-order valence-electron chi connectivity index (χ0n) is 13.2. The molecule has 4 heteroatoms. The third kappa shape index (κ3) is 4.08. The van der Waals surface area contributed by atoms with Gasteiger partial charge < -0.3 is 15.4 Å². The predicted molar refractivity (Wildman–Crippen MR) is 84.3 cm³/mol. The topological polar surface area (TPSA) is 50.4 Å². The number of benzene rings is 1. The molecule has 21 heavy (non-hydrogen) atoms. The maximum atomic E-state index is 12.2. The molecule has 1 aliphatic heterocycles. The molecule has 1 saturated heterocycles. The van der Waals surface area contributed by atoms with Crippen LogP contribution in [0.15, 0.2) is 35.4 Å². The maximum absolute atomic E-state index is 12.2. The van der Waals surface area contributed by atoms with Crippen LogP contribution in [0.25, 0.3) is 0 Å². The number of carbonyl (C=O) groups excluding carboxylic acids is 1. The summed E-state index contributed by atoms with van der Waals surface area (Å²) in [5.41, 5.74) is 3.07. The largest absolute Gasteiger partial charge is 0.491 e. The van der Waals surface area contributed by atoms with Gasteiger partial charge in [0.05, 0.1) is 12.1 Å². The number of ether oxygens (including phenoxy) is 1. The summed E-state index contributed by atoms with van der Waals surface area (Å²) in [5.74, 6) is 0.844. The van der Waals surface area contributed by atoms with E-state index in [9.17, 15) is 4.79 Å². The summed E-state index contributed by atoms with van der Waals surface area (Å²) in [6.45, 7) is 9.52. The number of nitrogens with one attached hydrogen (secondary N) is 2. The fraction of sp³-hybridized carbons (Fsp3) is 0.471. The molecule has 4 nitrogen and oxygen atoms in total. The Morgan fingerprint density at radius 1 is 1.29 bits per heavy atom. The molecule has 0 aliphatic carbocycles. The van der Waals surface area contributed by atoms with Gasteiger partial charge in [-0.05, 0) is 51.0 Å². The quantitative estimate of drug-likeness (QED) is 0.819. The van der Waals surface area contributed by atoms with Crippen LogP contribution in [0, 0.1) is 0 Å². The van der Waals surface area contributed by atoms with Crippen molar-refractivity contribution in [3.05, 3.63) is 41.0 Å². The van der Waals surface area contributed by atoms with Gasteiger partial charge in [-0.25, -0.2) is 0 Å². The molecule has 1 amide bonds. The van der Waals surface area contributed by atoms with Gasteiger partial charge in [-0.15, -0.1) is 0 Å². The third-order valence-corrected chi connectivity index (χ3v) is 3.63. The highest BCUT2D eigenvalue weighted by Gasteiger charge is 2.18. The molecule has 0 bridgehead atoms. The van der Waals surface area contributed by atoms with Crippen molar-refractivity contribution in [2.75, 3.05) is 13.1 Å². The van der Waals surface area contributed by atoms with E-state index in [1.165, 1.54) is 5.57 Å². The van der Waals surface area contributed by atoms with Crippen molar-refractivity contribution >= 4 is 5.91 Å². The molecule has 0 radical (unpaired) electrons. The SMILES string of the molecule is CC(C(=O)NC(C)c1cccc(OC(C)C)c1)=C1CNC1. The van der Waals surface area contributed by atoms with Gasteiger partial charge >= 0.3 is 0 Å². The van der Waals surface area contributed by atoms with Crippen molar-refractivity contribution in [2.45, 2.75) is 39.8 Å². The fourth-order valence-corrected chi connectivity index (χ4v) is 2.19. The zero-order valence-corrected chi connectivity index (χ0v) is 13.2. The Bertz CT molecular complexity index is 543. The second kappa shape index (κ2) is 6.76. The Kier molecular flexibility index (Phi) is 5.02. The Labute approximate surface area is 126 Å². The highest BCUT2D eigenvalue weighted by atomic mass is 16.5. The Morgan fingerprint density at radius 3 is 2.57 bits per heavy atom. The summed E-state index contributed by atoms with van der Waals surface area (Å²) in [7, 11) is 0. The lowest BCUT2D eigenvalue weighted by atomic mass is 10.0. The van der Waals surface area contributed by atoms with E-state index in [0.29, 0.717) is 0 Å². The number of rotatable bonds is 5. The number of hydrogen-bond donors (Lipinski definition) is 2. The predicted octanol–water partition coefficient (Wildman–Crippen LogP) is 2.57. The Morgan fingerprint density at radius 2 is 2.00 bits per heavy atom. The first-order valence-corrected chi connectivity index (χ1v) is 7.44. The van der Waals surface area contributed by atoms with Gasteiger partial charge in [-0.1, -0.05) is 12.1 Å². The first kappa shape index (κ1) is 15.6. The standard InChI is InChI=1S/C17H24N2O2/c1-11(2)21-16-7-5-6-14(8-16)13(4)19-17(20)12(3)15-9-18-10-15/h5-8,11,13,18H,9-10H2,1-4H3,(H,19,20). The summed E-state index contributed by atoms with van der Waals surface area (Å²) >= 11 is 0. The van der Waals surface area contributed by atoms with Crippen molar-refractivity contribution in [3.8, 4) is 5.75 Å². The molecule has 114 valence electrons. The molecule has 1 atom stereocenters. The van der Waals surface area contributed by atoms with Crippen molar-refractivity contribution < 1.29 is 9.53 Å². The molecule has 1 aliphatic rings. The molecular formula is C17H24N2O2. The molecule has 2 N–H and O–H groups in total. The monoisotopic (exact) mass is 288 g/mol. The molecule has 2 rings (SSSR count). The number of amides is 1. The minimum absolute atomic E-state index is 0.00850. The summed E-state index contributed by atoms with van der Waals surface area (Å²) in [6.07, 6.45) is 0.142. The fourth-order valence-electron chi connectivity index (χ4n) is 2.19. The second-order valence-corrected chi connectivity index (χ2v) is 5.77. The van der Waals surface area contributed by atoms with Crippen LogP contribution in [-0.2, 0) is 4.79 Å². The third-order valence-electron chi connectivity index (χ3n) is 3.63. The molecule has 1 aromatic carbocycles. The molecule has 1 heterocycles. The summed E-state index contributed by atoms with van der Waals surface area (Å²) in [6, 6.07) is 7.84. The van der Waals surface area contributed by atoms with Gasteiger partial charge in [0.15, 0.2) is 0 Å². The maximum Gasteiger partial charge on any atom is 0.247 e. The van der Waals surface area contributed by atoms with E-state index in [0.717, 1.165) is 30.0 Å². The van der Waals surface area contributed by atoms with Crippen LogP contribution in [0.1, 0.15) is 39.3 Å². The van der Waals surface area contributed by atoms with E-state index < -0.39 is 0 Å². The first-order chi connectivity index (χ1) is 9.97. The summed E-state index contributed by atoms with van der Waals surface area (Å²) in [4.78, 5) is 12.2. The summed E-state index contributed by atoms with van der Waals surface area (Å²) in [5, 5.41) is 6.20. The first-order valence-electron chi connectivity index (χ1n) is 7.44. The van der Waals surface area contributed by atoms with Crippen molar-refractivity contribution in [2.24, 2.45) is 0 Å². The van der Waals surface area contributed by atoms with Crippen LogP contribution in [-0.4, -0.2) is 25.1 Å². The lowest BCUT2D eigenvalue weighted by Gasteiger charge is -2.23. The van der Waals surface area contributed by atoms with E-state index >= 15 is 0 Å². The van der Waals surface area contributed by atoms with E-state index in [2.05, 4.69) is 10.6 Å². The zero-order chi connectivity index (χ0) is 15.4. The molecular weight excluding hydrogens is 264 g/mol. The van der Waals surface area contributed by atoms with Crippen LogP contribution < -0.4 is 15.4 Å². The lowest BCUT2D eigenvalue weighted by Crippen LogP contribution is -2.38. The average Bonchev–Trinajstić information content (AvgIpc) is 2.36. The van der Waals surface area contributed by atoms with Crippen LogP contribution in [0.2, 0.25) is 0 Å². The van der Waals surface area contributed by atoms with Crippen LogP contribution >= 0.6 is 0 Å². The van der Waals surface area contributed by atoms with Crippen LogP contribution in [0.3, 0.4) is 0 Å². The number of carbonyl (C=O) groups is 1. The minimum atomic E-state index is -0.0446. The van der Waals surface area contributed by atoms with Gasteiger partial charge in [0.2, 0.25) is 5.91 Å². The van der Waals surface area contributed by atoms with E-state index in [1.807, 2.05) is 52.0 Å². The Balaban J connectivity index is 2.02. The van der Waals surface area contributed by atoms with Crippen molar-refractivity contribution in [1.29, 1.82) is 0 Å².